The first-order chi connectivity index (χ1) is 8.49. The van der Waals surface area contributed by atoms with Crippen molar-refractivity contribution in [2.45, 2.75) is 39.5 Å². The first-order valence-corrected chi connectivity index (χ1v) is 6.34. The monoisotopic (exact) mass is 246 g/mol. The Labute approximate surface area is 107 Å². The molecule has 1 N–H and O–H groups in total. The lowest BCUT2D eigenvalue weighted by Crippen LogP contribution is -1.94. The molecule has 0 atom stereocenters. The fourth-order valence-electron chi connectivity index (χ4n) is 2.01. The van der Waals surface area contributed by atoms with Crippen molar-refractivity contribution in [3.05, 3.63) is 41.3 Å². The van der Waals surface area contributed by atoms with Gasteiger partial charge in [0.25, 0.3) is 0 Å². The Hall–Kier alpha value is -1.64. The molecule has 18 heavy (non-hydrogen) atoms. The Kier molecular flexibility index (Phi) is 3.50. The van der Waals surface area contributed by atoms with Crippen LogP contribution in [-0.4, -0.2) is 10.2 Å². The number of aromatic nitrogens is 2. The molecule has 0 fully saturated rings. The van der Waals surface area contributed by atoms with Crippen LogP contribution in [0.1, 0.15) is 50.8 Å². The van der Waals surface area contributed by atoms with Gasteiger partial charge in [-0.15, -0.1) is 0 Å². The molecule has 0 aliphatic rings. The Balaban J connectivity index is 2.49. The molecule has 1 heterocycles. The Morgan fingerprint density at radius 2 is 1.78 bits per heavy atom. The van der Waals surface area contributed by atoms with Crippen LogP contribution in [-0.2, 0) is 0 Å². The minimum Gasteiger partial charge on any atom is -0.282 e. The fraction of sp³-hybridized carbons (Fsp3) is 0.400. The van der Waals surface area contributed by atoms with Gasteiger partial charge in [-0.05, 0) is 41.7 Å². The van der Waals surface area contributed by atoms with Gasteiger partial charge in [0.2, 0.25) is 0 Å². The normalized spacial score (nSPS) is 11.5. The number of aromatic amines is 1. The van der Waals surface area contributed by atoms with Crippen molar-refractivity contribution >= 4 is 0 Å². The quantitative estimate of drug-likeness (QED) is 0.850. The molecule has 0 saturated heterocycles. The summed E-state index contributed by atoms with van der Waals surface area (Å²) in [5, 5.41) is 7.37. The molecule has 0 unspecified atom stereocenters. The molecular weight excluding hydrogens is 227 g/mol. The van der Waals surface area contributed by atoms with E-state index >= 15 is 0 Å². The van der Waals surface area contributed by atoms with E-state index in [0.29, 0.717) is 5.92 Å². The molecular formula is C15H19FN2. The van der Waals surface area contributed by atoms with Crippen LogP contribution < -0.4 is 0 Å². The molecule has 3 heteroatoms. The molecule has 0 bridgehead atoms. The number of nitrogens with zero attached hydrogens (tertiary/aromatic N) is 1. The maximum absolute atomic E-state index is 13.3. The minimum absolute atomic E-state index is 0.193. The van der Waals surface area contributed by atoms with Crippen LogP contribution in [0.4, 0.5) is 4.39 Å². The number of nitrogens with one attached hydrogen (secondary N) is 1. The fourth-order valence-corrected chi connectivity index (χ4v) is 2.01. The van der Waals surface area contributed by atoms with Crippen LogP contribution >= 0.6 is 0 Å². The van der Waals surface area contributed by atoms with Crippen LogP contribution in [0, 0.1) is 5.82 Å². The lowest BCUT2D eigenvalue weighted by atomic mass is 9.95. The third-order valence-electron chi connectivity index (χ3n) is 3.13. The maximum atomic E-state index is 13.3. The van der Waals surface area contributed by atoms with Crippen LogP contribution in [0.5, 0.6) is 0 Å². The molecule has 0 amide bonds. The van der Waals surface area contributed by atoms with Crippen molar-refractivity contribution in [3.8, 4) is 11.3 Å². The van der Waals surface area contributed by atoms with Crippen molar-refractivity contribution in [1.82, 2.24) is 10.2 Å². The van der Waals surface area contributed by atoms with Crippen LogP contribution in [0.15, 0.2) is 24.3 Å². The zero-order valence-corrected chi connectivity index (χ0v) is 11.3. The second kappa shape index (κ2) is 4.92. The molecule has 0 aliphatic heterocycles. The van der Waals surface area contributed by atoms with Gasteiger partial charge in [0.05, 0.1) is 5.69 Å². The number of rotatable bonds is 3. The molecule has 2 nitrogen and oxygen atoms in total. The van der Waals surface area contributed by atoms with E-state index in [1.807, 2.05) is 12.1 Å². The summed E-state index contributed by atoms with van der Waals surface area (Å²) in [4.78, 5) is 0. The Bertz CT molecular complexity index is 541. The second-order valence-corrected chi connectivity index (χ2v) is 5.25. The molecule has 0 spiro atoms. The van der Waals surface area contributed by atoms with E-state index in [9.17, 15) is 4.39 Å². The van der Waals surface area contributed by atoms with E-state index in [2.05, 4.69) is 37.9 Å². The van der Waals surface area contributed by atoms with Gasteiger partial charge in [0.15, 0.2) is 0 Å². The first kappa shape index (κ1) is 12.8. The van der Waals surface area contributed by atoms with Crippen LogP contribution in [0.3, 0.4) is 0 Å². The summed E-state index contributed by atoms with van der Waals surface area (Å²) in [5.41, 5.74) is 4.00. The smallest absolute Gasteiger partial charge is 0.123 e. The molecule has 0 saturated carbocycles. The number of benzene rings is 1. The highest BCUT2D eigenvalue weighted by molar-refractivity contribution is 5.64. The van der Waals surface area contributed by atoms with Crippen molar-refractivity contribution in [2.75, 3.05) is 0 Å². The minimum atomic E-state index is -0.193. The maximum Gasteiger partial charge on any atom is 0.123 e. The van der Waals surface area contributed by atoms with Crippen molar-refractivity contribution in [3.63, 3.8) is 0 Å². The summed E-state index contributed by atoms with van der Waals surface area (Å²) in [6.45, 7) is 8.36. The van der Waals surface area contributed by atoms with Gasteiger partial charge >= 0.3 is 0 Å². The summed E-state index contributed by atoms with van der Waals surface area (Å²) in [5.74, 6) is 0.492. The topological polar surface area (TPSA) is 28.7 Å². The van der Waals surface area contributed by atoms with Gasteiger partial charge in [-0.1, -0.05) is 27.7 Å². The van der Waals surface area contributed by atoms with E-state index in [4.69, 9.17) is 0 Å². The Morgan fingerprint density at radius 3 is 2.33 bits per heavy atom. The molecule has 2 rings (SSSR count). The van der Waals surface area contributed by atoms with Gasteiger partial charge < -0.3 is 0 Å². The summed E-state index contributed by atoms with van der Waals surface area (Å²) < 4.78 is 13.3. The third-order valence-corrected chi connectivity index (χ3v) is 3.13. The van der Waals surface area contributed by atoms with Crippen molar-refractivity contribution < 1.29 is 4.39 Å². The van der Waals surface area contributed by atoms with Crippen LogP contribution in [0.2, 0.25) is 0 Å². The second-order valence-electron chi connectivity index (χ2n) is 5.25. The summed E-state index contributed by atoms with van der Waals surface area (Å²) in [7, 11) is 0. The predicted octanol–water partition coefficient (Wildman–Crippen LogP) is 4.46. The standard InChI is InChI=1S/C15H19FN2/c1-9(2)13-7-11(16)5-6-12(13)15-8-14(10(3)4)17-18-15/h5-10H,1-4H3,(H,17,18). The summed E-state index contributed by atoms with van der Waals surface area (Å²) in [6, 6.07) is 6.95. The highest BCUT2D eigenvalue weighted by atomic mass is 19.1. The Morgan fingerprint density at radius 1 is 1.06 bits per heavy atom. The zero-order valence-electron chi connectivity index (χ0n) is 11.3. The van der Waals surface area contributed by atoms with Gasteiger partial charge in [-0.3, -0.25) is 5.10 Å². The van der Waals surface area contributed by atoms with Gasteiger partial charge in [-0.2, -0.15) is 5.10 Å². The number of H-pyrrole nitrogens is 1. The molecule has 0 aliphatic carbocycles. The molecule has 0 radical (unpaired) electrons. The molecule has 1 aromatic heterocycles. The predicted molar refractivity (Wildman–Crippen MR) is 72.2 cm³/mol. The average Bonchev–Trinajstić information content (AvgIpc) is 2.78. The third kappa shape index (κ3) is 2.45. The molecule has 2 aromatic rings. The SMILES string of the molecule is CC(C)c1cc(-c2ccc(F)cc2C(C)C)n[nH]1. The summed E-state index contributed by atoms with van der Waals surface area (Å²) >= 11 is 0. The van der Waals surface area contributed by atoms with E-state index in [1.165, 1.54) is 6.07 Å². The summed E-state index contributed by atoms with van der Waals surface area (Å²) in [6.07, 6.45) is 0. The molecule has 96 valence electrons. The number of halogens is 1. The van der Waals surface area contributed by atoms with Gasteiger partial charge in [0, 0.05) is 11.3 Å². The average molecular weight is 246 g/mol. The number of hydrogen-bond donors (Lipinski definition) is 1. The van der Waals surface area contributed by atoms with Crippen molar-refractivity contribution in [1.29, 1.82) is 0 Å². The van der Waals surface area contributed by atoms with Gasteiger partial charge in [-0.25, -0.2) is 4.39 Å². The number of hydrogen-bond acceptors (Lipinski definition) is 1. The van der Waals surface area contributed by atoms with E-state index < -0.39 is 0 Å². The first-order valence-electron chi connectivity index (χ1n) is 6.34. The lowest BCUT2D eigenvalue weighted by Gasteiger charge is -2.10. The van der Waals surface area contributed by atoms with Gasteiger partial charge in [0.1, 0.15) is 5.82 Å². The largest absolute Gasteiger partial charge is 0.282 e. The zero-order chi connectivity index (χ0) is 13.3. The van der Waals surface area contributed by atoms with Crippen molar-refractivity contribution in [2.24, 2.45) is 0 Å². The highest BCUT2D eigenvalue weighted by Gasteiger charge is 2.13. The lowest BCUT2D eigenvalue weighted by molar-refractivity contribution is 0.623. The van der Waals surface area contributed by atoms with E-state index in [1.54, 1.807) is 6.07 Å². The van der Waals surface area contributed by atoms with E-state index in [-0.39, 0.29) is 11.7 Å². The van der Waals surface area contributed by atoms with E-state index in [0.717, 1.165) is 22.5 Å². The molecule has 1 aromatic carbocycles. The van der Waals surface area contributed by atoms with Crippen LogP contribution in [0.25, 0.3) is 11.3 Å². The highest BCUT2D eigenvalue weighted by Crippen LogP contribution is 2.30.